The average Bonchev–Trinajstić information content (AvgIpc) is 3.30. The van der Waals surface area contributed by atoms with Crippen LogP contribution in [0.15, 0.2) is 30.3 Å². The van der Waals surface area contributed by atoms with Crippen LogP contribution in [0.1, 0.15) is 87.3 Å². The summed E-state index contributed by atoms with van der Waals surface area (Å²) in [4.78, 5) is 19.6. The molecule has 3 aliphatic rings. The van der Waals surface area contributed by atoms with Crippen molar-refractivity contribution in [3.8, 4) is 0 Å². The third kappa shape index (κ3) is 4.82. The summed E-state index contributed by atoms with van der Waals surface area (Å²) in [5, 5.41) is 29.1. The molecule has 7 heteroatoms. The van der Waals surface area contributed by atoms with Gasteiger partial charge in [-0.1, -0.05) is 63.4 Å². The second-order valence-corrected chi connectivity index (χ2v) is 12.9. The number of aromatic nitrogens is 1. The Labute approximate surface area is 218 Å². The first-order valence-corrected chi connectivity index (χ1v) is 14.5. The van der Waals surface area contributed by atoms with Crippen LogP contribution in [0.25, 0.3) is 0 Å². The highest BCUT2D eigenvalue weighted by Gasteiger charge is 2.59. The third-order valence-corrected chi connectivity index (χ3v) is 10.6. The van der Waals surface area contributed by atoms with E-state index >= 15 is 0 Å². The molecule has 1 aromatic carbocycles. The van der Waals surface area contributed by atoms with Gasteiger partial charge < -0.3 is 20.8 Å². The van der Waals surface area contributed by atoms with E-state index in [-0.39, 0.29) is 35.8 Å². The number of amides is 1. The molecule has 1 aromatic heterocycles. The van der Waals surface area contributed by atoms with E-state index in [1.165, 1.54) is 29.7 Å². The fourth-order valence-corrected chi connectivity index (χ4v) is 8.28. The van der Waals surface area contributed by atoms with E-state index < -0.39 is 11.5 Å². The number of hydrogen-bond acceptors (Lipinski definition) is 6. The average molecular weight is 512 g/mol. The zero-order valence-electron chi connectivity index (χ0n) is 21.6. The van der Waals surface area contributed by atoms with E-state index in [2.05, 4.69) is 29.7 Å². The van der Waals surface area contributed by atoms with Gasteiger partial charge in [-0.2, -0.15) is 0 Å². The molecule has 3 aliphatic carbocycles. The Bertz CT molecular complexity index is 1050. The maximum Gasteiger partial charge on any atom is 0.220 e. The van der Waals surface area contributed by atoms with Crippen LogP contribution >= 0.6 is 11.3 Å². The summed E-state index contributed by atoms with van der Waals surface area (Å²) in [6.45, 7) is 4.95. The monoisotopic (exact) mass is 511 g/mol. The van der Waals surface area contributed by atoms with Gasteiger partial charge in [-0.05, 0) is 49.0 Å². The summed E-state index contributed by atoms with van der Waals surface area (Å²) in [6, 6.07) is 10.6. The van der Waals surface area contributed by atoms with Crippen molar-refractivity contribution in [1.82, 2.24) is 10.3 Å². The predicted molar refractivity (Wildman–Crippen MR) is 144 cm³/mol. The van der Waals surface area contributed by atoms with Gasteiger partial charge in [-0.3, -0.25) is 4.79 Å². The lowest BCUT2D eigenvalue weighted by Crippen LogP contribution is -2.57. The number of thiazole rings is 1. The molecule has 0 spiro atoms. The fraction of sp³-hybridized carbons (Fsp3) is 0.655. The van der Waals surface area contributed by atoms with Gasteiger partial charge >= 0.3 is 0 Å². The van der Waals surface area contributed by atoms with Crippen molar-refractivity contribution < 1.29 is 15.0 Å². The smallest absolute Gasteiger partial charge is 0.220 e. The van der Waals surface area contributed by atoms with E-state index in [4.69, 9.17) is 4.98 Å². The minimum absolute atomic E-state index is 0.0308. The molecule has 1 amide bonds. The maximum absolute atomic E-state index is 13.4. The number of nitrogens with one attached hydrogen (secondary N) is 2. The normalized spacial score (nSPS) is 32.4. The summed E-state index contributed by atoms with van der Waals surface area (Å²) in [7, 11) is 0. The number of aliphatic hydroxyl groups excluding tert-OH is 2. The topological polar surface area (TPSA) is 94.5 Å². The highest BCUT2D eigenvalue weighted by atomic mass is 32.1. The lowest BCUT2D eigenvalue weighted by Gasteiger charge is -2.58. The van der Waals surface area contributed by atoms with Gasteiger partial charge in [0.05, 0.1) is 18.4 Å². The molecule has 0 unspecified atom stereocenters. The van der Waals surface area contributed by atoms with Crippen molar-refractivity contribution in [1.29, 1.82) is 0 Å². The van der Waals surface area contributed by atoms with E-state index in [9.17, 15) is 15.0 Å². The van der Waals surface area contributed by atoms with Gasteiger partial charge in [0.2, 0.25) is 5.91 Å². The molecule has 196 valence electrons. The van der Waals surface area contributed by atoms with Crippen molar-refractivity contribution in [3.63, 3.8) is 0 Å². The van der Waals surface area contributed by atoms with E-state index in [0.29, 0.717) is 19.4 Å². The fourth-order valence-electron chi connectivity index (χ4n) is 7.21. The quantitative estimate of drug-likeness (QED) is 0.419. The summed E-state index contributed by atoms with van der Waals surface area (Å²) in [6.07, 6.45) is 7.91. The van der Waals surface area contributed by atoms with Crippen LogP contribution in [-0.2, 0) is 17.8 Å². The van der Waals surface area contributed by atoms with Crippen molar-refractivity contribution in [2.45, 2.75) is 96.2 Å². The summed E-state index contributed by atoms with van der Waals surface area (Å²) < 4.78 is 0. The molecule has 5 atom stereocenters. The van der Waals surface area contributed by atoms with Crippen LogP contribution in [-0.4, -0.2) is 39.9 Å². The minimum atomic E-state index is -0.593. The van der Waals surface area contributed by atoms with Gasteiger partial charge in [-0.25, -0.2) is 4.98 Å². The zero-order chi connectivity index (χ0) is 25.3. The molecule has 5 rings (SSSR count). The summed E-state index contributed by atoms with van der Waals surface area (Å²) in [5.41, 5.74) is 1.44. The Morgan fingerprint density at radius 2 is 1.89 bits per heavy atom. The van der Waals surface area contributed by atoms with Gasteiger partial charge in [-0.15, -0.1) is 11.3 Å². The Hall–Kier alpha value is -1.96. The highest BCUT2D eigenvalue weighted by Crippen LogP contribution is 2.62. The number of nitrogens with zero attached hydrogens (tertiary/aromatic N) is 1. The van der Waals surface area contributed by atoms with Crippen molar-refractivity contribution in [2.75, 3.05) is 11.9 Å². The third-order valence-electron chi connectivity index (χ3n) is 9.54. The minimum Gasteiger partial charge on any atom is -0.396 e. The first-order valence-electron chi connectivity index (χ1n) is 13.7. The Morgan fingerprint density at radius 1 is 1.14 bits per heavy atom. The number of carbonyl (C=O) groups excluding carboxylic acids is 1. The molecule has 0 aliphatic heterocycles. The van der Waals surface area contributed by atoms with Crippen LogP contribution in [0.4, 0.5) is 5.13 Å². The van der Waals surface area contributed by atoms with Crippen molar-refractivity contribution in [2.24, 2.45) is 16.7 Å². The summed E-state index contributed by atoms with van der Waals surface area (Å²) in [5.74, 6) is 0.168. The maximum atomic E-state index is 13.4. The van der Waals surface area contributed by atoms with Crippen molar-refractivity contribution >= 4 is 22.4 Å². The number of hydrogen-bond donors (Lipinski definition) is 4. The second kappa shape index (κ2) is 10.4. The Balaban J connectivity index is 1.43. The molecular weight excluding hydrogens is 470 g/mol. The van der Waals surface area contributed by atoms with E-state index in [1.807, 2.05) is 25.1 Å². The molecule has 6 nitrogen and oxygen atoms in total. The van der Waals surface area contributed by atoms with Gasteiger partial charge in [0.15, 0.2) is 5.13 Å². The first-order chi connectivity index (χ1) is 17.3. The molecule has 2 fully saturated rings. The molecular formula is C29H41N3O3S. The Morgan fingerprint density at radius 3 is 2.61 bits per heavy atom. The first kappa shape index (κ1) is 25.7. The van der Waals surface area contributed by atoms with Crippen molar-refractivity contribution in [3.05, 3.63) is 46.5 Å². The predicted octanol–water partition coefficient (Wildman–Crippen LogP) is 5.01. The number of anilines is 1. The van der Waals surface area contributed by atoms with Crippen LogP contribution in [0.3, 0.4) is 0 Å². The van der Waals surface area contributed by atoms with Crippen LogP contribution in [0.2, 0.25) is 0 Å². The van der Waals surface area contributed by atoms with E-state index in [0.717, 1.165) is 36.5 Å². The zero-order valence-corrected chi connectivity index (χ0v) is 22.4. The highest BCUT2D eigenvalue weighted by molar-refractivity contribution is 7.15. The van der Waals surface area contributed by atoms with Crippen LogP contribution in [0.5, 0.6) is 0 Å². The molecule has 36 heavy (non-hydrogen) atoms. The SMILES string of the molecule is C[C@]1(CO)[C@H]2Cc3sc(NCc4ccccc4)nc3[C@@H](CC(=O)NC3CCCCC3)[C@]2(C)CC[C@H]1O. The van der Waals surface area contributed by atoms with Gasteiger partial charge in [0, 0.05) is 35.2 Å². The van der Waals surface area contributed by atoms with Gasteiger partial charge in [0.1, 0.15) is 0 Å². The molecule has 0 saturated heterocycles. The van der Waals surface area contributed by atoms with Crippen LogP contribution < -0.4 is 10.6 Å². The standard InChI is InChI=1S/C29H41N3O3S/c1-28-14-13-24(34)29(2,18-33)23(28)16-22-26(21(28)15-25(35)31-20-11-7-4-8-12-20)32-27(36-22)30-17-19-9-5-3-6-10-19/h3,5-6,9-10,20-21,23-24,33-34H,4,7-8,11-18H2,1-2H3,(H,30,32)(H,31,35)/t21-,23+,24-,28+,29+/m1/s1. The lowest BCUT2D eigenvalue weighted by molar-refractivity contribution is -0.144. The summed E-state index contributed by atoms with van der Waals surface area (Å²) >= 11 is 1.67. The molecule has 4 N–H and O–H groups in total. The molecule has 2 saturated carbocycles. The lowest BCUT2D eigenvalue weighted by atomic mass is 9.47. The Kier molecular flexibility index (Phi) is 7.44. The van der Waals surface area contributed by atoms with Crippen LogP contribution in [0, 0.1) is 16.7 Å². The molecule has 1 heterocycles. The number of benzene rings is 1. The number of rotatable bonds is 7. The second-order valence-electron chi connectivity index (χ2n) is 11.8. The number of aliphatic hydroxyl groups is 2. The number of carbonyl (C=O) groups is 1. The largest absolute Gasteiger partial charge is 0.396 e. The number of fused-ring (bicyclic) bond motifs is 2. The van der Waals surface area contributed by atoms with E-state index in [1.54, 1.807) is 11.3 Å². The molecule has 0 radical (unpaired) electrons. The molecule has 2 aromatic rings. The van der Waals surface area contributed by atoms with Gasteiger partial charge in [0.25, 0.3) is 0 Å². The molecule has 0 bridgehead atoms.